The lowest BCUT2D eigenvalue weighted by Crippen LogP contribution is -2.28. The van der Waals surface area contributed by atoms with Gasteiger partial charge in [-0.3, -0.25) is 9.89 Å². The Bertz CT molecular complexity index is 826. The molecule has 126 valence electrons. The van der Waals surface area contributed by atoms with Crippen LogP contribution in [0.1, 0.15) is 42.6 Å². The second-order valence-electron chi connectivity index (χ2n) is 6.56. The van der Waals surface area contributed by atoms with Crippen LogP contribution in [-0.4, -0.2) is 27.2 Å². The summed E-state index contributed by atoms with van der Waals surface area (Å²) < 4.78 is 2.77. The highest BCUT2D eigenvalue weighted by Crippen LogP contribution is 2.49. The smallest absolute Gasteiger partial charge is 0.223 e. The third kappa shape index (κ3) is 3.13. The van der Waals surface area contributed by atoms with Crippen molar-refractivity contribution in [3.63, 3.8) is 0 Å². The molecule has 1 aromatic heterocycles. The fourth-order valence-corrected chi connectivity index (χ4v) is 3.83. The highest BCUT2D eigenvalue weighted by Gasteiger charge is 2.44. The van der Waals surface area contributed by atoms with Gasteiger partial charge in [-0.1, -0.05) is 29.8 Å². The Morgan fingerprint density at radius 1 is 1.42 bits per heavy atom. The molecule has 1 amide bonds. The summed E-state index contributed by atoms with van der Waals surface area (Å²) in [5.74, 6) is 1.32. The number of benzene rings is 1. The Kier molecular flexibility index (Phi) is 4.18. The van der Waals surface area contributed by atoms with Crippen molar-refractivity contribution >= 4 is 29.7 Å². The van der Waals surface area contributed by atoms with Crippen molar-refractivity contribution in [3.05, 3.63) is 45.4 Å². The van der Waals surface area contributed by atoms with Crippen LogP contribution < -0.4 is 5.32 Å². The van der Waals surface area contributed by atoms with Crippen molar-refractivity contribution in [2.45, 2.75) is 37.6 Å². The Hall–Kier alpha value is -1.66. The summed E-state index contributed by atoms with van der Waals surface area (Å²) in [7, 11) is 0. The zero-order chi connectivity index (χ0) is 16.7. The number of halogens is 1. The van der Waals surface area contributed by atoms with Crippen molar-refractivity contribution in [1.29, 1.82) is 0 Å². The van der Waals surface area contributed by atoms with Gasteiger partial charge in [0.2, 0.25) is 5.91 Å². The van der Waals surface area contributed by atoms with Crippen LogP contribution in [0.5, 0.6) is 0 Å². The lowest BCUT2D eigenvalue weighted by Gasteiger charge is -2.07. The van der Waals surface area contributed by atoms with E-state index in [-0.39, 0.29) is 17.7 Å². The molecule has 0 aliphatic heterocycles. The zero-order valence-electron chi connectivity index (χ0n) is 13.2. The number of hydrogen-bond donors (Lipinski definition) is 2. The number of H-pyrrole nitrogens is 1. The minimum absolute atomic E-state index is 0.0363. The van der Waals surface area contributed by atoms with E-state index in [1.54, 1.807) is 0 Å². The SMILES string of the molecule is O=C(NCCc1n[nH]c(=S)n1C1CC1)[C@@H]1C[C@H]1c1ccccc1Cl. The Morgan fingerprint density at radius 3 is 2.96 bits per heavy atom. The maximum absolute atomic E-state index is 12.3. The summed E-state index contributed by atoms with van der Waals surface area (Å²) in [4.78, 5) is 12.3. The average molecular weight is 363 g/mol. The first-order valence-corrected chi connectivity index (χ1v) is 9.11. The van der Waals surface area contributed by atoms with Gasteiger partial charge in [0, 0.05) is 29.9 Å². The van der Waals surface area contributed by atoms with Gasteiger partial charge in [-0.05, 0) is 49.0 Å². The molecular weight excluding hydrogens is 344 g/mol. The zero-order valence-corrected chi connectivity index (χ0v) is 14.7. The van der Waals surface area contributed by atoms with Crippen molar-refractivity contribution in [3.8, 4) is 0 Å². The maximum atomic E-state index is 12.3. The third-order valence-corrected chi connectivity index (χ3v) is 5.40. The summed E-state index contributed by atoms with van der Waals surface area (Å²) in [5.41, 5.74) is 1.08. The van der Waals surface area contributed by atoms with Crippen LogP contribution in [0.2, 0.25) is 5.02 Å². The first-order valence-electron chi connectivity index (χ1n) is 8.33. The summed E-state index contributed by atoms with van der Waals surface area (Å²) in [5, 5.41) is 10.9. The van der Waals surface area contributed by atoms with Crippen LogP contribution in [0, 0.1) is 10.7 Å². The van der Waals surface area contributed by atoms with E-state index < -0.39 is 0 Å². The van der Waals surface area contributed by atoms with Crippen LogP contribution >= 0.6 is 23.8 Å². The van der Waals surface area contributed by atoms with E-state index in [0.717, 1.165) is 35.7 Å². The largest absolute Gasteiger partial charge is 0.355 e. The number of rotatable bonds is 6. The highest BCUT2D eigenvalue weighted by molar-refractivity contribution is 7.71. The predicted octanol–water partition coefficient (Wildman–Crippen LogP) is 3.39. The van der Waals surface area contributed by atoms with Crippen LogP contribution in [0.15, 0.2) is 24.3 Å². The van der Waals surface area contributed by atoms with Crippen molar-refractivity contribution in [2.75, 3.05) is 6.54 Å². The number of amides is 1. The normalized spacial score (nSPS) is 22.4. The van der Waals surface area contributed by atoms with Crippen LogP contribution in [-0.2, 0) is 11.2 Å². The van der Waals surface area contributed by atoms with E-state index in [0.29, 0.717) is 23.8 Å². The molecule has 0 radical (unpaired) electrons. The Balaban J connectivity index is 1.31. The molecule has 0 spiro atoms. The van der Waals surface area contributed by atoms with Gasteiger partial charge in [-0.15, -0.1) is 0 Å². The molecule has 5 nitrogen and oxygen atoms in total. The molecule has 0 unspecified atom stereocenters. The van der Waals surface area contributed by atoms with Gasteiger partial charge < -0.3 is 9.88 Å². The predicted molar refractivity (Wildman–Crippen MR) is 94.7 cm³/mol. The second-order valence-corrected chi connectivity index (χ2v) is 7.35. The minimum Gasteiger partial charge on any atom is -0.355 e. The summed E-state index contributed by atoms with van der Waals surface area (Å²) in [6.45, 7) is 0.580. The molecule has 0 saturated heterocycles. The number of hydrogen-bond acceptors (Lipinski definition) is 3. The van der Waals surface area contributed by atoms with E-state index >= 15 is 0 Å². The molecule has 2 N–H and O–H groups in total. The lowest BCUT2D eigenvalue weighted by molar-refractivity contribution is -0.122. The number of nitrogens with one attached hydrogen (secondary N) is 2. The minimum atomic E-state index is 0.0363. The highest BCUT2D eigenvalue weighted by atomic mass is 35.5. The van der Waals surface area contributed by atoms with Crippen molar-refractivity contribution in [2.24, 2.45) is 5.92 Å². The third-order valence-electron chi connectivity index (χ3n) is 4.77. The van der Waals surface area contributed by atoms with Gasteiger partial charge in [0.1, 0.15) is 5.82 Å². The topological polar surface area (TPSA) is 62.7 Å². The van der Waals surface area contributed by atoms with Crippen molar-refractivity contribution in [1.82, 2.24) is 20.1 Å². The molecule has 0 bridgehead atoms. The molecule has 2 saturated carbocycles. The van der Waals surface area contributed by atoms with E-state index in [2.05, 4.69) is 20.1 Å². The van der Waals surface area contributed by atoms with Crippen LogP contribution in [0.25, 0.3) is 0 Å². The molecule has 2 aliphatic carbocycles. The standard InChI is InChI=1S/C17H19ClN4OS/c18-14-4-2-1-3-11(14)12-9-13(12)16(23)19-8-7-15-20-21-17(24)22(15)10-5-6-10/h1-4,10,12-13H,5-9H2,(H,19,23)(H,21,24)/t12-,13+/m0/s1. The van der Waals surface area contributed by atoms with Gasteiger partial charge >= 0.3 is 0 Å². The molecule has 4 rings (SSSR count). The monoisotopic (exact) mass is 362 g/mol. The Labute approximate surface area is 150 Å². The molecule has 24 heavy (non-hydrogen) atoms. The average Bonchev–Trinajstić information content (AvgIpc) is 3.48. The number of carbonyl (C=O) groups excluding carboxylic acids is 1. The van der Waals surface area contributed by atoms with Gasteiger partial charge in [-0.2, -0.15) is 5.10 Å². The number of nitrogens with zero attached hydrogens (tertiary/aromatic N) is 2. The number of aromatic nitrogens is 3. The molecule has 7 heteroatoms. The van der Waals surface area contributed by atoms with E-state index in [4.69, 9.17) is 23.8 Å². The lowest BCUT2D eigenvalue weighted by atomic mass is 10.1. The number of aromatic amines is 1. The molecule has 2 aromatic rings. The summed E-state index contributed by atoms with van der Waals surface area (Å²) in [6.07, 6.45) is 3.89. The van der Waals surface area contributed by atoms with Gasteiger partial charge in [-0.25, -0.2) is 0 Å². The maximum Gasteiger partial charge on any atom is 0.223 e. The first kappa shape index (κ1) is 15.8. The van der Waals surface area contributed by atoms with E-state index in [1.807, 2.05) is 24.3 Å². The molecule has 2 atom stereocenters. The van der Waals surface area contributed by atoms with Gasteiger partial charge in [0.15, 0.2) is 4.77 Å². The van der Waals surface area contributed by atoms with Gasteiger partial charge in [0.25, 0.3) is 0 Å². The fourth-order valence-electron chi connectivity index (χ4n) is 3.26. The van der Waals surface area contributed by atoms with Crippen molar-refractivity contribution < 1.29 is 4.79 Å². The quantitative estimate of drug-likeness (QED) is 0.774. The second kappa shape index (κ2) is 6.33. The van der Waals surface area contributed by atoms with E-state index in [1.165, 1.54) is 0 Å². The van der Waals surface area contributed by atoms with Crippen LogP contribution in [0.3, 0.4) is 0 Å². The molecule has 1 heterocycles. The molecule has 2 aliphatic rings. The fraction of sp³-hybridized carbons (Fsp3) is 0.471. The van der Waals surface area contributed by atoms with Gasteiger partial charge in [0.05, 0.1) is 0 Å². The molecule has 2 fully saturated rings. The van der Waals surface area contributed by atoms with Crippen LogP contribution in [0.4, 0.5) is 0 Å². The Morgan fingerprint density at radius 2 is 2.21 bits per heavy atom. The number of carbonyl (C=O) groups is 1. The van der Waals surface area contributed by atoms with E-state index in [9.17, 15) is 4.79 Å². The first-order chi connectivity index (χ1) is 11.6. The summed E-state index contributed by atoms with van der Waals surface area (Å²) in [6, 6.07) is 8.26. The molecule has 1 aromatic carbocycles. The molecular formula is C17H19ClN4OS. The summed E-state index contributed by atoms with van der Waals surface area (Å²) >= 11 is 11.5.